The summed E-state index contributed by atoms with van der Waals surface area (Å²) in [7, 11) is -2.49. The van der Waals surface area contributed by atoms with Gasteiger partial charge in [0.05, 0.1) is 17.5 Å². The number of benzene rings is 2. The van der Waals surface area contributed by atoms with Crippen LogP contribution in [0.4, 0.5) is 5.69 Å². The highest BCUT2D eigenvalue weighted by atomic mass is 32.2. The van der Waals surface area contributed by atoms with Crippen LogP contribution in [0.25, 0.3) is 10.9 Å². The zero-order chi connectivity index (χ0) is 18.2. The molecule has 3 aromatic rings. The van der Waals surface area contributed by atoms with E-state index in [0.717, 1.165) is 5.56 Å². The van der Waals surface area contributed by atoms with Gasteiger partial charge in [-0.1, -0.05) is 12.1 Å². The van der Waals surface area contributed by atoms with Crippen LogP contribution in [0.2, 0.25) is 0 Å². The molecule has 0 aliphatic rings. The van der Waals surface area contributed by atoms with Crippen LogP contribution >= 0.6 is 0 Å². The molecule has 0 amide bonds. The summed E-state index contributed by atoms with van der Waals surface area (Å²) >= 11 is 0. The van der Waals surface area contributed by atoms with Crippen LogP contribution in [0, 0.1) is 13.8 Å². The fraction of sp³-hybridized carbons (Fsp3) is 0.176. The molecule has 2 N–H and O–H groups in total. The number of rotatable bonds is 4. The summed E-state index contributed by atoms with van der Waals surface area (Å²) in [5, 5.41) is 7.10. The largest absolute Gasteiger partial charge is 0.464 e. The van der Waals surface area contributed by atoms with E-state index >= 15 is 0 Å². The number of carbonyl (C=O) groups excluding carboxylic acids is 1. The van der Waals surface area contributed by atoms with E-state index in [2.05, 4.69) is 19.7 Å². The van der Waals surface area contributed by atoms with Crippen molar-refractivity contribution in [2.45, 2.75) is 18.7 Å². The normalized spacial score (nSPS) is 11.5. The molecule has 0 fully saturated rings. The van der Waals surface area contributed by atoms with Crippen LogP contribution in [-0.2, 0) is 14.8 Å². The number of methoxy groups -OCH3 is 1. The number of sulfonamides is 1. The predicted octanol–water partition coefficient (Wildman–Crippen LogP) is 2.77. The van der Waals surface area contributed by atoms with E-state index in [0.29, 0.717) is 22.2 Å². The van der Waals surface area contributed by atoms with Gasteiger partial charge in [0.15, 0.2) is 5.69 Å². The Hall–Kier alpha value is -2.87. The van der Waals surface area contributed by atoms with Gasteiger partial charge in [-0.15, -0.1) is 0 Å². The van der Waals surface area contributed by atoms with Gasteiger partial charge in [0.2, 0.25) is 0 Å². The third-order valence-electron chi connectivity index (χ3n) is 3.83. The third-order valence-corrected chi connectivity index (χ3v) is 5.35. The fourth-order valence-corrected chi connectivity index (χ4v) is 3.92. The lowest BCUT2D eigenvalue weighted by Crippen LogP contribution is -2.14. The molecule has 3 rings (SSSR count). The number of aryl methyl sites for hydroxylation is 2. The van der Waals surface area contributed by atoms with Crippen molar-refractivity contribution in [3.63, 3.8) is 0 Å². The molecule has 0 aliphatic heterocycles. The number of aromatic nitrogens is 2. The molecule has 0 radical (unpaired) electrons. The summed E-state index contributed by atoms with van der Waals surface area (Å²) in [5.74, 6) is -0.596. The average Bonchev–Trinajstić information content (AvgIpc) is 2.99. The Bertz CT molecular complexity index is 1070. The molecule has 7 nitrogen and oxygen atoms in total. The first kappa shape index (κ1) is 17.0. The van der Waals surface area contributed by atoms with Crippen molar-refractivity contribution in [3.05, 3.63) is 53.2 Å². The first-order valence-corrected chi connectivity index (χ1v) is 8.96. The maximum atomic E-state index is 12.7. The van der Waals surface area contributed by atoms with Gasteiger partial charge in [-0.3, -0.25) is 9.82 Å². The quantitative estimate of drug-likeness (QED) is 0.698. The van der Waals surface area contributed by atoms with Crippen molar-refractivity contribution >= 4 is 32.6 Å². The van der Waals surface area contributed by atoms with Gasteiger partial charge in [-0.2, -0.15) is 5.10 Å². The van der Waals surface area contributed by atoms with E-state index in [9.17, 15) is 13.2 Å². The van der Waals surface area contributed by atoms with Gasteiger partial charge in [0, 0.05) is 11.1 Å². The molecule has 0 saturated heterocycles. The van der Waals surface area contributed by atoms with E-state index in [-0.39, 0.29) is 10.6 Å². The summed E-state index contributed by atoms with van der Waals surface area (Å²) < 4.78 is 32.6. The Labute approximate surface area is 145 Å². The fourth-order valence-electron chi connectivity index (χ4n) is 2.54. The topological polar surface area (TPSA) is 101 Å². The summed E-state index contributed by atoms with van der Waals surface area (Å²) in [6, 6.07) is 10.0. The minimum Gasteiger partial charge on any atom is -0.464 e. The van der Waals surface area contributed by atoms with Crippen LogP contribution in [0.15, 0.2) is 41.3 Å². The summed E-state index contributed by atoms with van der Waals surface area (Å²) in [5.41, 5.74) is 2.54. The number of hydrogen-bond acceptors (Lipinski definition) is 5. The van der Waals surface area contributed by atoms with E-state index in [1.165, 1.54) is 7.11 Å². The zero-order valence-corrected chi connectivity index (χ0v) is 14.8. The number of aromatic amines is 1. The number of hydrogen-bond donors (Lipinski definition) is 2. The second-order valence-corrected chi connectivity index (χ2v) is 7.35. The van der Waals surface area contributed by atoms with Crippen molar-refractivity contribution in [1.29, 1.82) is 0 Å². The Balaban J connectivity index is 2.02. The van der Waals surface area contributed by atoms with E-state index < -0.39 is 16.0 Å². The average molecular weight is 359 g/mol. The number of ether oxygens (including phenoxy) is 1. The summed E-state index contributed by atoms with van der Waals surface area (Å²) in [6.07, 6.45) is 0. The lowest BCUT2D eigenvalue weighted by molar-refractivity contribution is 0.0596. The van der Waals surface area contributed by atoms with Crippen LogP contribution in [-0.4, -0.2) is 31.7 Å². The van der Waals surface area contributed by atoms with Gasteiger partial charge in [-0.25, -0.2) is 13.2 Å². The van der Waals surface area contributed by atoms with Crippen LogP contribution < -0.4 is 4.72 Å². The SMILES string of the molecule is COC(=O)c1n[nH]c2ccc(NS(=O)(=O)c3cc(C)ccc3C)cc12. The molecule has 1 heterocycles. The van der Waals surface area contributed by atoms with Crippen molar-refractivity contribution in [1.82, 2.24) is 10.2 Å². The van der Waals surface area contributed by atoms with Crippen LogP contribution in [0.3, 0.4) is 0 Å². The molecular formula is C17H17N3O4S. The summed E-state index contributed by atoms with van der Waals surface area (Å²) in [4.78, 5) is 12.0. The molecule has 0 spiro atoms. The highest BCUT2D eigenvalue weighted by Gasteiger charge is 2.19. The molecule has 25 heavy (non-hydrogen) atoms. The molecule has 130 valence electrons. The highest BCUT2D eigenvalue weighted by molar-refractivity contribution is 7.92. The standard InChI is InChI=1S/C17H17N3O4S/c1-10-4-5-11(2)15(8-10)25(22,23)20-12-6-7-14-13(9-12)16(19-18-14)17(21)24-3/h4-9,20H,1-3H3,(H,18,19). The van der Waals surface area contributed by atoms with E-state index in [4.69, 9.17) is 0 Å². The van der Waals surface area contributed by atoms with E-state index in [1.807, 2.05) is 13.0 Å². The Morgan fingerprint density at radius 2 is 1.92 bits per heavy atom. The highest BCUT2D eigenvalue weighted by Crippen LogP contribution is 2.25. The number of H-pyrrole nitrogens is 1. The number of anilines is 1. The molecule has 0 bridgehead atoms. The van der Waals surface area contributed by atoms with Crippen LogP contribution in [0.1, 0.15) is 21.6 Å². The smallest absolute Gasteiger partial charge is 0.359 e. The predicted molar refractivity (Wildman–Crippen MR) is 94.2 cm³/mol. The first-order chi connectivity index (χ1) is 11.8. The molecular weight excluding hydrogens is 342 g/mol. The molecule has 0 aliphatic carbocycles. The first-order valence-electron chi connectivity index (χ1n) is 7.48. The van der Waals surface area contributed by atoms with Crippen molar-refractivity contribution < 1.29 is 17.9 Å². The maximum absolute atomic E-state index is 12.7. The van der Waals surface area contributed by atoms with E-state index in [1.54, 1.807) is 37.3 Å². The van der Waals surface area contributed by atoms with Gasteiger partial charge < -0.3 is 4.74 Å². The molecule has 0 saturated carbocycles. The van der Waals surface area contributed by atoms with Crippen molar-refractivity contribution in [3.8, 4) is 0 Å². The van der Waals surface area contributed by atoms with Gasteiger partial charge in [0.25, 0.3) is 10.0 Å². The minimum atomic E-state index is -3.75. The molecule has 8 heteroatoms. The minimum absolute atomic E-state index is 0.102. The van der Waals surface area contributed by atoms with Gasteiger partial charge in [-0.05, 0) is 49.2 Å². The Morgan fingerprint density at radius 1 is 1.16 bits per heavy atom. The van der Waals surface area contributed by atoms with Crippen molar-refractivity contribution in [2.75, 3.05) is 11.8 Å². The number of carbonyl (C=O) groups is 1. The van der Waals surface area contributed by atoms with Crippen molar-refractivity contribution in [2.24, 2.45) is 0 Å². The number of nitrogens with zero attached hydrogens (tertiary/aromatic N) is 1. The third kappa shape index (κ3) is 3.20. The Morgan fingerprint density at radius 3 is 2.64 bits per heavy atom. The second kappa shape index (κ2) is 6.21. The molecule has 1 aromatic heterocycles. The lowest BCUT2D eigenvalue weighted by atomic mass is 10.2. The number of fused-ring (bicyclic) bond motifs is 1. The monoisotopic (exact) mass is 359 g/mol. The molecule has 0 atom stereocenters. The molecule has 0 unspecified atom stereocenters. The van der Waals surface area contributed by atoms with Gasteiger partial charge in [0.1, 0.15) is 0 Å². The second-order valence-electron chi connectivity index (χ2n) is 5.70. The maximum Gasteiger partial charge on any atom is 0.359 e. The zero-order valence-electron chi connectivity index (χ0n) is 14.0. The lowest BCUT2D eigenvalue weighted by Gasteiger charge is -2.11. The number of esters is 1. The van der Waals surface area contributed by atoms with Crippen LogP contribution in [0.5, 0.6) is 0 Å². The summed E-state index contributed by atoms with van der Waals surface area (Å²) in [6.45, 7) is 3.57. The number of nitrogens with one attached hydrogen (secondary N) is 2. The van der Waals surface area contributed by atoms with Gasteiger partial charge >= 0.3 is 5.97 Å². The Kier molecular flexibility index (Phi) is 4.22. The molecule has 2 aromatic carbocycles.